The van der Waals surface area contributed by atoms with Gasteiger partial charge in [0.1, 0.15) is 12.1 Å². The van der Waals surface area contributed by atoms with Gasteiger partial charge in [0.05, 0.1) is 25.2 Å². The van der Waals surface area contributed by atoms with Crippen molar-refractivity contribution in [3.8, 4) is 0 Å². The Kier molecular flexibility index (Phi) is 12.5. The van der Waals surface area contributed by atoms with Crippen molar-refractivity contribution >= 4 is 40.1 Å². The van der Waals surface area contributed by atoms with Gasteiger partial charge in [-0.05, 0) is 60.0 Å². The molecular formula is C32H56N7O7S+. The molecule has 0 aromatic carbocycles. The summed E-state index contributed by atoms with van der Waals surface area (Å²) in [6.45, 7) is 7.25. The van der Waals surface area contributed by atoms with Crippen LogP contribution in [0.5, 0.6) is 0 Å². The molecule has 5 amide bonds. The van der Waals surface area contributed by atoms with E-state index in [2.05, 4.69) is 16.0 Å². The van der Waals surface area contributed by atoms with Crippen molar-refractivity contribution in [1.82, 2.24) is 29.5 Å². The number of carbonyl (C=O) groups is 5. The first kappa shape index (κ1) is 37.2. The van der Waals surface area contributed by atoms with Crippen LogP contribution >= 0.6 is 0 Å². The minimum atomic E-state index is -3.40. The lowest BCUT2D eigenvalue weighted by Crippen LogP contribution is -2.62. The number of likely N-dealkylation sites (tertiary alicyclic amines) is 1. The van der Waals surface area contributed by atoms with Gasteiger partial charge in [0.25, 0.3) is 5.91 Å². The molecule has 0 aromatic heterocycles. The van der Waals surface area contributed by atoms with E-state index in [-0.39, 0.29) is 24.3 Å². The third-order valence-electron chi connectivity index (χ3n) is 10.5. The van der Waals surface area contributed by atoms with Gasteiger partial charge >= 0.3 is 16.6 Å². The van der Waals surface area contributed by atoms with Gasteiger partial charge in [0.2, 0.25) is 17.6 Å². The van der Waals surface area contributed by atoms with Crippen LogP contribution in [-0.4, -0.2) is 105 Å². The maximum Gasteiger partial charge on any atom is 0.374 e. The van der Waals surface area contributed by atoms with Crippen LogP contribution in [0.25, 0.3) is 0 Å². The second-order valence-electron chi connectivity index (χ2n) is 15.0. The summed E-state index contributed by atoms with van der Waals surface area (Å²) >= 11 is 0. The SMILES string of the molecule is CN1CCCN(C[C@@H](NC(=O)N[C@H](C(=O)N2CCC[C@H]2C(=O)NC(CC2CCC2)C(=O)C(N)=O)C2CCCCC2)C(C)(C)C)[S+]1(=O)O. The number of rotatable bonds is 12. The zero-order valence-corrected chi connectivity index (χ0v) is 29.3. The summed E-state index contributed by atoms with van der Waals surface area (Å²) in [5.74, 6) is -2.64. The summed E-state index contributed by atoms with van der Waals surface area (Å²) in [5, 5.41) is 8.70. The highest BCUT2D eigenvalue weighted by Gasteiger charge is 2.47. The average molecular weight is 683 g/mol. The first-order valence-corrected chi connectivity index (χ1v) is 18.8. The van der Waals surface area contributed by atoms with Crippen LogP contribution in [0, 0.1) is 17.3 Å². The van der Waals surface area contributed by atoms with Crippen molar-refractivity contribution in [3.05, 3.63) is 0 Å². The summed E-state index contributed by atoms with van der Waals surface area (Å²) in [4.78, 5) is 67.3. The molecule has 4 aliphatic rings. The normalized spacial score (nSPS) is 26.9. The molecule has 0 spiro atoms. The van der Waals surface area contributed by atoms with Crippen LogP contribution in [0.15, 0.2) is 0 Å². The van der Waals surface area contributed by atoms with Crippen LogP contribution in [0.4, 0.5) is 4.79 Å². The Balaban J connectivity index is 1.48. The van der Waals surface area contributed by atoms with Gasteiger partial charge in [-0.3, -0.25) is 19.2 Å². The van der Waals surface area contributed by atoms with Gasteiger partial charge in [-0.25, -0.2) is 4.79 Å². The molecule has 0 radical (unpaired) electrons. The number of carbonyl (C=O) groups excluding carboxylic acids is 5. The number of nitrogens with one attached hydrogen (secondary N) is 3. The molecule has 5 atom stereocenters. The summed E-state index contributed by atoms with van der Waals surface area (Å²) in [5.41, 5.74) is 4.83. The first-order chi connectivity index (χ1) is 22.1. The van der Waals surface area contributed by atoms with Crippen LogP contribution in [0.1, 0.15) is 97.8 Å². The molecule has 2 saturated carbocycles. The topological polar surface area (TPSA) is 194 Å². The molecule has 266 valence electrons. The highest BCUT2D eigenvalue weighted by Crippen LogP contribution is 2.32. The highest BCUT2D eigenvalue weighted by molar-refractivity contribution is 7.93. The molecule has 2 aliphatic heterocycles. The van der Waals surface area contributed by atoms with E-state index in [1.54, 1.807) is 7.05 Å². The fourth-order valence-electron chi connectivity index (χ4n) is 7.24. The molecular weight excluding hydrogens is 626 g/mol. The van der Waals surface area contributed by atoms with Crippen molar-refractivity contribution in [1.29, 1.82) is 0 Å². The number of Topliss-reactive ketones (excluding diaryl/α,β-unsaturated/α-hetero) is 1. The summed E-state index contributed by atoms with van der Waals surface area (Å²) in [7, 11) is -1.79. The van der Waals surface area contributed by atoms with Gasteiger partial charge in [0, 0.05) is 20.1 Å². The number of ketones is 1. The standard InChI is InChI=1S/C32H55N7O7S/c1-32(2,3)25(20-38-17-10-16-37(4)47(38,45)46)35-31(44)36-26(22-13-6-5-7-14-22)30(43)39-18-9-15-24(39)29(42)34-23(27(40)28(33)41)19-21-11-8-12-21/h21-26H,5-20H2,1-4H3,(H5-,33,34,35,36,41,42,44,45,46)/p+1/t23?,24-,25+,26-/m0/s1. The lowest BCUT2D eigenvalue weighted by molar-refractivity contribution is -0.143. The summed E-state index contributed by atoms with van der Waals surface area (Å²) in [6, 6.07) is -3.78. The van der Waals surface area contributed by atoms with E-state index in [0.717, 1.165) is 57.8 Å². The Morgan fingerprint density at radius 3 is 2.15 bits per heavy atom. The zero-order chi connectivity index (χ0) is 34.5. The van der Waals surface area contributed by atoms with E-state index in [4.69, 9.17) is 5.73 Å². The van der Waals surface area contributed by atoms with E-state index in [9.17, 15) is 32.7 Å². The monoisotopic (exact) mass is 682 g/mol. The molecule has 0 bridgehead atoms. The number of nitrogens with zero attached hydrogens (tertiary/aromatic N) is 3. The summed E-state index contributed by atoms with van der Waals surface area (Å²) < 4.78 is 26.7. The Morgan fingerprint density at radius 2 is 1.55 bits per heavy atom. The third kappa shape index (κ3) is 9.30. The molecule has 2 saturated heterocycles. The van der Waals surface area contributed by atoms with Crippen molar-refractivity contribution in [2.75, 3.05) is 33.2 Å². The molecule has 47 heavy (non-hydrogen) atoms. The van der Waals surface area contributed by atoms with Crippen molar-refractivity contribution in [2.24, 2.45) is 23.0 Å². The molecule has 6 N–H and O–H groups in total. The molecule has 2 unspecified atom stereocenters. The van der Waals surface area contributed by atoms with Gasteiger partial charge in [-0.1, -0.05) is 67.9 Å². The largest absolute Gasteiger partial charge is 0.374 e. The molecule has 0 aromatic rings. The van der Waals surface area contributed by atoms with E-state index in [0.29, 0.717) is 38.9 Å². The number of nitrogens with two attached hydrogens (primary N) is 1. The molecule has 4 fully saturated rings. The first-order valence-electron chi connectivity index (χ1n) is 17.3. The average Bonchev–Trinajstić information content (AvgIpc) is 3.48. The number of hydrogen-bond donors (Lipinski definition) is 5. The predicted molar refractivity (Wildman–Crippen MR) is 178 cm³/mol. The molecule has 2 aliphatic carbocycles. The van der Waals surface area contributed by atoms with Crippen molar-refractivity contribution in [2.45, 2.75) is 122 Å². The quantitative estimate of drug-likeness (QED) is 0.153. The summed E-state index contributed by atoms with van der Waals surface area (Å²) in [6.07, 6.45) is 9.35. The Morgan fingerprint density at radius 1 is 0.872 bits per heavy atom. The van der Waals surface area contributed by atoms with E-state index in [1.165, 1.54) is 13.5 Å². The number of primary amides is 1. The molecule has 15 heteroatoms. The zero-order valence-electron chi connectivity index (χ0n) is 28.5. The fraction of sp³-hybridized carbons (Fsp3) is 0.844. The van der Waals surface area contributed by atoms with Crippen LogP contribution in [-0.2, 0) is 34.0 Å². The van der Waals surface area contributed by atoms with Gasteiger partial charge < -0.3 is 26.6 Å². The van der Waals surface area contributed by atoms with Gasteiger partial charge in [-0.2, -0.15) is 4.55 Å². The smallest absolute Gasteiger partial charge is 0.363 e. The number of amides is 5. The maximum absolute atomic E-state index is 14.3. The highest BCUT2D eigenvalue weighted by atomic mass is 32.3. The Labute approximate surface area is 280 Å². The minimum absolute atomic E-state index is 0.117. The van der Waals surface area contributed by atoms with Gasteiger partial charge in [0.15, 0.2) is 0 Å². The lowest BCUT2D eigenvalue weighted by Gasteiger charge is -2.38. The third-order valence-corrected chi connectivity index (χ3v) is 12.5. The lowest BCUT2D eigenvalue weighted by atomic mass is 9.80. The van der Waals surface area contributed by atoms with Crippen LogP contribution in [0.3, 0.4) is 0 Å². The van der Waals surface area contributed by atoms with E-state index < -0.39 is 63.8 Å². The van der Waals surface area contributed by atoms with E-state index in [1.807, 2.05) is 20.8 Å². The number of hydrogen-bond acceptors (Lipinski definition) is 6. The van der Waals surface area contributed by atoms with Crippen molar-refractivity contribution < 1.29 is 32.7 Å². The van der Waals surface area contributed by atoms with E-state index >= 15 is 0 Å². The molecule has 4 rings (SSSR count). The molecule has 14 nitrogen and oxygen atoms in total. The van der Waals surface area contributed by atoms with Crippen molar-refractivity contribution in [3.63, 3.8) is 0 Å². The minimum Gasteiger partial charge on any atom is -0.363 e. The van der Waals surface area contributed by atoms with Gasteiger partial charge in [-0.15, -0.1) is 0 Å². The fourth-order valence-corrected chi connectivity index (χ4v) is 8.71. The molecule has 2 heterocycles. The maximum atomic E-state index is 14.3. The number of urea groups is 1. The second kappa shape index (κ2) is 15.7. The second-order valence-corrected chi connectivity index (χ2v) is 17.1. The predicted octanol–water partition coefficient (Wildman–Crippen LogP) is 1.81. The van der Waals surface area contributed by atoms with Crippen LogP contribution in [0.2, 0.25) is 0 Å². The Bertz CT molecular complexity index is 1220. The Hall–Kier alpha value is -2.62. The van der Waals surface area contributed by atoms with Crippen LogP contribution < -0.4 is 21.7 Å².